The molecule has 2 rings (SSSR count). The van der Waals surface area contributed by atoms with E-state index < -0.39 is 11.8 Å². The lowest BCUT2D eigenvalue weighted by molar-refractivity contribution is 0.0693. The summed E-state index contributed by atoms with van der Waals surface area (Å²) in [7, 11) is 0. The quantitative estimate of drug-likeness (QED) is 0.921. The van der Waals surface area contributed by atoms with Crippen LogP contribution in [0.1, 0.15) is 15.9 Å². The summed E-state index contributed by atoms with van der Waals surface area (Å²) in [5.41, 5.74) is -0.0815. The SMILES string of the molecule is N#Cc1c(Br)cccc1Oc1ccc(F)cc1C(=O)O. The Morgan fingerprint density at radius 1 is 1.30 bits per heavy atom. The Morgan fingerprint density at radius 3 is 2.70 bits per heavy atom. The number of carboxylic acid groups (broad SMARTS) is 1. The van der Waals surface area contributed by atoms with Crippen molar-refractivity contribution in [1.29, 1.82) is 5.26 Å². The summed E-state index contributed by atoms with van der Waals surface area (Å²) in [6, 6.07) is 9.94. The zero-order chi connectivity index (χ0) is 14.7. The monoisotopic (exact) mass is 335 g/mol. The molecule has 0 saturated carbocycles. The Morgan fingerprint density at radius 2 is 2.05 bits per heavy atom. The van der Waals surface area contributed by atoms with Gasteiger partial charge < -0.3 is 9.84 Å². The molecule has 20 heavy (non-hydrogen) atoms. The largest absolute Gasteiger partial charge is 0.478 e. The molecule has 0 radical (unpaired) electrons. The Balaban J connectivity index is 2.49. The molecular formula is C14H7BrFNO3. The van der Waals surface area contributed by atoms with E-state index >= 15 is 0 Å². The van der Waals surface area contributed by atoms with E-state index in [2.05, 4.69) is 15.9 Å². The highest BCUT2D eigenvalue weighted by atomic mass is 79.9. The number of nitrogens with zero attached hydrogens (tertiary/aromatic N) is 1. The zero-order valence-corrected chi connectivity index (χ0v) is 11.5. The van der Waals surface area contributed by atoms with E-state index in [-0.39, 0.29) is 22.6 Å². The third kappa shape index (κ3) is 2.78. The molecule has 6 heteroatoms. The van der Waals surface area contributed by atoms with Gasteiger partial charge in [-0.25, -0.2) is 9.18 Å². The van der Waals surface area contributed by atoms with Crippen LogP contribution >= 0.6 is 15.9 Å². The van der Waals surface area contributed by atoms with Gasteiger partial charge in [0.1, 0.15) is 34.5 Å². The maximum Gasteiger partial charge on any atom is 0.339 e. The summed E-state index contributed by atoms with van der Waals surface area (Å²) in [5, 5.41) is 18.1. The fourth-order valence-corrected chi connectivity index (χ4v) is 2.01. The molecule has 0 bridgehead atoms. The highest BCUT2D eigenvalue weighted by molar-refractivity contribution is 9.10. The van der Waals surface area contributed by atoms with Gasteiger partial charge in [-0.15, -0.1) is 0 Å². The van der Waals surface area contributed by atoms with E-state index in [1.165, 1.54) is 12.1 Å². The van der Waals surface area contributed by atoms with Gasteiger partial charge in [0.05, 0.1) is 0 Å². The molecule has 1 N–H and O–H groups in total. The first-order valence-corrected chi connectivity index (χ1v) is 6.21. The van der Waals surface area contributed by atoms with Crippen molar-refractivity contribution in [2.75, 3.05) is 0 Å². The van der Waals surface area contributed by atoms with Crippen molar-refractivity contribution in [3.8, 4) is 17.6 Å². The first-order chi connectivity index (χ1) is 9.52. The first kappa shape index (κ1) is 14.0. The molecule has 0 fully saturated rings. The molecule has 0 unspecified atom stereocenters. The van der Waals surface area contributed by atoms with Crippen LogP contribution in [0.15, 0.2) is 40.9 Å². The molecule has 0 aliphatic carbocycles. The van der Waals surface area contributed by atoms with Crippen LogP contribution in [-0.2, 0) is 0 Å². The van der Waals surface area contributed by atoms with Crippen LogP contribution in [0.5, 0.6) is 11.5 Å². The molecule has 0 saturated heterocycles. The standard InChI is InChI=1S/C14H7BrFNO3/c15-11-2-1-3-12(10(11)7-17)20-13-5-4-8(16)6-9(13)14(18)19/h1-6H,(H,18,19). The number of halogens is 2. The van der Waals surface area contributed by atoms with Crippen molar-refractivity contribution in [1.82, 2.24) is 0 Å². The average molecular weight is 336 g/mol. The fourth-order valence-electron chi connectivity index (χ4n) is 1.57. The maximum absolute atomic E-state index is 13.1. The number of rotatable bonds is 3. The molecule has 4 nitrogen and oxygen atoms in total. The molecule has 0 heterocycles. The second-order valence-corrected chi connectivity index (χ2v) is 4.63. The van der Waals surface area contributed by atoms with Gasteiger partial charge in [0.2, 0.25) is 0 Å². The Labute approximate surface area is 122 Å². The van der Waals surface area contributed by atoms with Gasteiger partial charge in [-0.05, 0) is 46.3 Å². The number of hydrogen-bond donors (Lipinski definition) is 1. The maximum atomic E-state index is 13.1. The molecule has 0 amide bonds. The minimum Gasteiger partial charge on any atom is -0.478 e. The summed E-state index contributed by atoms with van der Waals surface area (Å²) < 4.78 is 19.0. The number of ether oxygens (including phenoxy) is 1. The Hall–Kier alpha value is -2.39. The van der Waals surface area contributed by atoms with Crippen LogP contribution in [0, 0.1) is 17.1 Å². The predicted octanol–water partition coefficient (Wildman–Crippen LogP) is 3.95. The van der Waals surface area contributed by atoms with E-state index in [1.807, 2.05) is 6.07 Å². The van der Waals surface area contributed by atoms with Crippen molar-refractivity contribution in [3.05, 3.63) is 57.8 Å². The lowest BCUT2D eigenvalue weighted by Crippen LogP contribution is -2.01. The van der Waals surface area contributed by atoms with Gasteiger partial charge in [-0.2, -0.15) is 5.26 Å². The van der Waals surface area contributed by atoms with Gasteiger partial charge in [0.25, 0.3) is 0 Å². The van der Waals surface area contributed by atoms with Crippen LogP contribution in [0.25, 0.3) is 0 Å². The highest BCUT2D eigenvalue weighted by Crippen LogP contribution is 2.32. The molecular weight excluding hydrogens is 329 g/mol. The third-order valence-electron chi connectivity index (χ3n) is 2.48. The molecule has 0 aromatic heterocycles. The van der Waals surface area contributed by atoms with Crippen LogP contribution in [0.4, 0.5) is 4.39 Å². The topological polar surface area (TPSA) is 70.3 Å². The fraction of sp³-hybridized carbons (Fsp3) is 0. The summed E-state index contributed by atoms with van der Waals surface area (Å²) in [6.45, 7) is 0. The number of benzene rings is 2. The van der Waals surface area contributed by atoms with Crippen molar-refractivity contribution in [2.24, 2.45) is 0 Å². The molecule has 2 aromatic rings. The molecule has 2 aromatic carbocycles. The van der Waals surface area contributed by atoms with Crippen LogP contribution in [0.3, 0.4) is 0 Å². The predicted molar refractivity (Wildman–Crippen MR) is 72.3 cm³/mol. The van der Waals surface area contributed by atoms with Crippen molar-refractivity contribution >= 4 is 21.9 Å². The summed E-state index contributed by atoms with van der Waals surface area (Å²) >= 11 is 3.20. The minimum atomic E-state index is -1.31. The second-order valence-electron chi connectivity index (χ2n) is 3.77. The van der Waals surface area contributed by atoms with Crippen LogP contribution < -0.4 is 4.74 Å². The first-order valence-electron chi connectivity index (χ1n) is 5.42. The number of nitriles is 1. The number of aromatic carboxylic acids is 1. The van der Waals surface area contributed by atoms with E-state index in [4.69, 9.17) is 15.1 Å². The third-order valence-corrected chi connectivity index (χ3v) is 3.14. The Kier molecular flexibility index (Phi) is 4.01. The van der Waals surface area contributed by atoms with Crippen molar-refractivity contribution < 1.29 is 19.0 Å². The van der Waals surface area contributed by atoms with E-state index in [0.717, 1.165) is 12.1 Å². The highest BCUT2D eigenvalue weighted by Gasteiger charge is 2.15. The van der Waals surface area contributed by atoms with Gasteiger partial charge in [-0.3, -0.25) is 0 Å². The smallest absolute Gasteiger partial charge is 0.339 e. The van der Waals surface area contributed by atoms with Gasteiger partial charge >= 0.3 is 5.97 Å². The van der Waals surface area contributed by atoms with E-state index in [0.29, 0.717) is 4.47 Å². The van der Waals surface area contributed by atoms with E-state index in [9.17, 15) is 9.18 Å². The van der Waals surface area contributed by atoms with Crippen molar-refractivity contribution in [2.45, 2.75) is 0 Å². The molecule has 0 spiro atoms. The zero-order valence-electron chi connectivity index (χ0n) is 9.93. The molecule has 0 atom stereocenters. The van der Waals surface area contributed by atoms with Crippen LogP contribution in [-0.4, -0.2) is 11.1 Å². The van der Waals surface area contributed by atoms with E-state index in [1.54, 1.807) is 12.1 Å². The Bertz CT molecular complexity index is 725. The molecule has 0 aliphatic rings. The average Bonchev–Trinajstić information content (AvgIpc) is 2.41. The summed E-state index contributed by atoms with van der Waals surface area (Å²) in [6.07, 6.45) is 0. The van der Waals surface area contributed by atoms with Crippen molar-refractivity contribution in [3.63, 3.8) is 0 Å². The van der Waals surface area contributed by atoms with Crippen LogP contribution in [0.2, 0.25) is 0 Å². The minimum absolute atomic E-state index is 0.0338. The lowest BCUT2D eigenvalue weighted by atomic mass is 10.2. The number of hydrogen-bond acceptors (Lipinski definition) is 3. The van der Waals surface area contributed by atoms with Gasteiger partial charge in [0.15, 0.2) is 0 Å². The van der Waals surface area contributed by atoms with Gasteiger partial charge in [-0.1, -0.05) is 6.07 Å². The van der Waals surface area contributed by atoms with Gasteiger partial charge in [0, 0.05) is 4.47 Å². The lowest BCUT2D eigenvalue weighted by Gasteiger charge is -2.10. The summed E-state index contributed by atoms with van der Waals surface area (Å²) in [4.78, 5) is 11.1. The molecule has 0 aliphatic heterocycles. The number of carbonyl (C=O) groups is 1. The number of carboxylic acids is 1. The normalized spacial score (nSPS) is 9.85. The summed E-state index contributed by atoms with van der Waals surface area (Å²) in [5.74, 6) is -1.83. The second kappa shape index (κ2) is 5.72. The molecule has 100 valence electrons.